The van der Waals surface area contributed by atoms with Crippen molar-refractivity contribution in [3.63, 3.8) is 0 Å². The molecule has 0 aliphatic rings. The smallest absolute Gasteiger partial charge is 0.315 e. The minimum absolute atomic E-state index is 0.123. The number of carboxylic acids is 1. The number of hydrogen-bond donors (Lipinski definition) is 2. The van der Waals surface area contributed by atoms with Gasteiger partial charge < -0.3 is 10.4 Å². The third-order valence-corrected chi connectivity index (χ3v) is 4.45. The molecule has 0 aliphatic carbocycles. The largest absolute Gasteiger partial charge is 0.481 e. The van der Waals surface area contributed by atoms with Crippen molar-refractivity contribution in [3.05, 3.63) is 46.5 Å². The van der Waals surface area contributed by atoms with Gasteiger partial charge in [0.25, 0.3) is 0 Å². The van der Waals surface area contributed by atoms with E-state index in [9.17, 15) is 9.90 Å². The Bertz CT molecular complexity index is 649. The Morgan fingerprint density at radius 2 is 2.05 bits per heavy atom. The summed E-state index contributed by atoms with van der Waals surface area (Å²) < 4.78 is 0. The number of nitrogens with one attached hydrogen (secondary N) is 1. The summed E-state index contributed by atoms with van der Waals surface area (Å²) in [5, 5.41) is 15.1. The fourth-order valence-corrected chi connectivity index (χ4v) is 3.04. The van der Waals surface area contributed by atoms with E-state index in [2.05, 4.69) is 36.3 Å². The summed E-state index contributed by atoms with van der Waals surface area (Å²) in [6, 6.07) is 8.32. The van der Waals surface area contributed by atoms with Gasteiger partial charge in [0.15, 0.2) is 5.13 Å². The zero-order valence-electron chi connectivity index (χ0n) is 12.7. The monoisotopic (exact) mass is 304 g/mol. The van der Waals surface area contributed by atoms with Crippen LogP contribution < -0.4 is 5.32 Å². The number of aromatic nitrogens is 1. The second-order valence-electron chi connectivity index (χ2n) is 5.69. The van der Waals surface area contributed by atoms with Crippen LogP contribution in [-0.2, 0) is 10.2 Å². The average molecular weight is 304 g/mol. The molecule has 1 aromatic heterocycles. The highest BCUT2D eigenvalue weighted by Crippen LogP contribution is 2.29. The number of benzene rings is 1. The molecule has 1 heterocycles. The molecule has 0 saturated heterocycles. The predicted molar refractivity (Wildman–Crippen MR) is 86.0 cm³/mol. The molecule has 0 fully saturated rings. The molecule has 0 radical (unpaired) electrons. The van der Waals surface area contributed by atoms with Crippen LogP contribution in [0.25, 0.3) is 0 Å². The first kappa shape index (κ1) is 15.5. The molecule has 4 nitrogen and oxygen atoms in total. The van der Waals surface area contributed by atoms with Crippen LogP contribution in [-0.4, -0.2) is 16.1 Å². The van der Waals surface area contributed by atoms with Crippen molar-refractivity contribution in [1.29, 1.82) is 0 Å². The second-order valence-corrected chi connectivity index (χ2v) is 6.55. The number of anilines is 1. The number of nitrogens with zero attached hydrogens (tertiary/aromatic N) is 1. The lowest BCUT2D eigenvalue weighted by Crippen LogP contribution is -2.28. The number of carboxylic acid groups (broad SMARTS) is 1. The van der Waals surface area contributed by atoms with E-state index in [0.717, 1.165) is 5.13 Å². The number of aryl methyl sites for hydroxylation is 1. The van der Waals surface area contributed by atoms with Crippen LogP contribution in [0.2, 0.25) is 0 Å². The Balaban J connectivity index is 2.17. The summed E-state index contributed by atoms with van der Waals surface area (Å²) in [6.45, 7) is 7.48. The van der Waals surface area contributed by atoms with Crippen LogP contribution in [0.15, 0.2) is 29.6 Å². The van der Waals surface area contributed by atoms with E-state index in [0.29, 0.717) is 5.69 Å². The lowest BCUT2D eigenvalue weighted by Gasteiger charge is -2.17. The summed E-state index contributed by atoms with van der Waals surface area (Å²) in [7, 11) is 0. The maximum atomic E-state index is 11.3. The molecule has 21 heavy (non-hydrogen) atoms. The van der Waals surface area contributed by atoms with Gasteiger partial charge in [0.1, 0.15) is 5.41 Å². The molecule has 1 aromatic carbocycles. The molecule has 5 heteroatoms. The topological polar surface area (TPSA) is 62.2 Å². The molecule has 0 spiro atoms. The van der Waals surface area contributed by atoms with Gasteiger partial charge in [-0.25, -0.2) is 4.98 Å². The van der Waals surface area contributed by atoms with Crippen molar-refractivity contribution < 1.29 is 9.90 Å². The fourth-order valence-electron chi connectivity index (χ4n) is 2.07. The number of aliphatic carboxylic acids is 1. The Kier molecular flexibility index (Phi) is 4.32. The molecule has 2 aromatic rings. The number of thiazole rings is 1. The highest BCUT2D eigenvalue weighted by atomic mass is 32.1. The number of carbonyl (C=O) groups is 1. The predicted octanol–water partition coefficient (Wildman–Crippen LogP) is 3.99. The van der Waals surface area contributed by atoms with Crippen molar-refractivity contribution in [3.8, 4) is 0 Å². The van der Waals surface area contributed by atoms with Crippen LogP contribution in [0.5, 0.6) is 0 Å². The second kappa shape index (κ2) is 5.85. The molecule has 1 unspecified atom stereocenters. The minimum atomic E-state index is -0.970. The Morgan fingerprint density at radius 3 is 2.67 bits per heavy atom. The van der Waals surface area contributed by atoms with Gasteiger partial charge >= 0.3 is 5.97 Å². The number of rotatable bonds is 5. The Labute approximate surface area is 128 Å². The first-order valence-electron chi connectivity index (χ1n) is 6.84. The van der Waals surface area contributed by atoms with Crippen molar-refractivity contribution in [2.75, 3.05) is 5.32 Å². The van der Waals surface area contributed by atoms with Crippen molar-refractivity contribution in [1.82, 2.24) is 4.98 Å². The molecule has 112 valence electrons. The van der Waals surface area contributed by atoms with Crippen molar-refractivity contribution >= 4 is 22.4 Å². The third-order valence-electron chi connectivity index (χ3n) is 3.67. The van der Waals surface area contributed by atoms with Gasteiger partial charge in [-0.2, -0.15) is 0 Å². The normalized spacial score (nSPS) is 13.0. The van der Waals surface area contributed by atoms with E-state index in [4.69, 9.17) is 0 Å². The van der Waals surface area contributed by atoms with Crippen LogP contribution in [0.3, 0.4) is 0 Å². The highest BCUT2D eigenvalue weighted by Gasteiger charge is 2.32. The Morgan fingerprint density at radius 1 is 1.38 bits per heavy atom. The highest BCUT2D eigenvalue weighted by molar-refractivity contribution is 7.13. The number of hydrogen-bond acceptors (Lipinski definition) is 4. The molecule has 2 N–H and O–H groups in total. The van der Waals surface area contributed by atoms with E-state index in [-0.39, 0.29) is 6.04 Å². The summed E-state index contributed by atoms with van der Waals surface area (Å²) in [5.74, 6) is -0.869. The van der Waals surface area contributed by atoms with Crippen LogP contribution in [0, 0.1) is 6.92 Å². The molecular weight excluding hydrogens is 284 g/mol. The molecule has 0 bridgehead atoms. The SMILES string of the molecule is Cc1ccccc1C(C)Nc1nc(C(C)(C)C(=O)O)cs1. The molecule has 0 amide bonds. The van der Waals surface area contributed by atoms with E-state index in [1.54, 1.807) is 19.2 Å². The molecule has 0 saturated carbocycles. The maximum absolute atomic E-state index is 11.3. The molecule has 2 rings (SSSR count). The van der Waals surface area contributed by atoms with E-state index < -0.39 is 11.4 Å². The summed E-state index contributed by atoms with van der Waals surface area (Å²) in [5.41, 5.74) is 2.05. The zero-order chi connectivity index (χ0) is 15.6. The minimum Gasteiger partial charge on any atom is -0.481 e. The van der Waals surface area contributed by atoms with E-state index in [1.807, 2.05) is 12.1 Å². The first-order valence-corrected chi connectivity index (χ1v) is 7.72. The van der Waals surface area contributed by atoms with Gasteiger partial charge in [0, 0.05) is 5.38 Å². The first-order chi connectivity index (χ1) is 9.82. The molecule has 1 atom stereocenters. The van der Waals surface area contributed by atoms with Gasteiger partial charge in [0.05, 0.1) is 11.7 Å². The third kappa shape index (κ3) is 3.24. The maximum Gasteiger partial charge on any atom is 0.315 e. The van der Waals surface area contributed by atoms with Crippen LogP contribution in [0.4, 0.5) is 5.13 Å². The molecule has 0 aliphatic heterocycles. The van der Waals surface area contributed by atoms with Crippen molar-refractivity contribution in [2.45, 2.75) is 39.2 Å². The van der Waals surface area contributed by atoms with Gasteiger partial charge in [0.2, 0.25) is 0 Å². The van der Waals surface area contributed by atoms with E-state index >= 15 is 0 Å². The average Bonchev–Trinajstić information content (AvgIpc) is 2.88. The van der Waals surface area contributed by atoms with Crippen LogP contribution in [0.1, 0.15) is 43.6 Å². The van der Waals surface area contributed by atoms with Crippen molar-refractivity contribution in [2.24, 2.45) is 0 Å². The summed E-state index contributed by atoms with van der Waals surface area (Å²) in [4.78, 5) is 15.7. The van der Waals surface area contributed by atoms with E-state index in [1.165, 1.54) is 22.5 Å². The van der Waals surface area contributed by atoms with Gasteiger partial charge in [-0.3, -0.25) is 4.79 Å². The van der Waals surface area contributed by atoms with Gasteiger partial charge in [-0.15, -0.1) is 11.3 Å². The van der Waals surface area contributed by atoms with Crippen LogP contribution >= 0.6 is 11.3 Å². The summed E-state index contributed by atoms with van der Waals surface area (Å²) in [6.07, 6.45) is 0. The Hall–Kier alpha value is -1.88. The van der Waals surface area contributed by atoms with Gasteiger partial charge in [-0.05, 0) is 38.8 Å². The quantitative estimate of drug-likeness (QED) is 0.877. The fraction of sp³-hybridized carbons (Fsp3) is 0.375. The molecular formula is C16H20N2O2S. The lowest BCUT2D eigenvalue weighted by molar-refractivity contribution is -0.142. The summed E-state index contributed by atoms with van der Waals surface area (Å²) >= 11 is 1.44. The standard InChI is InChI=1S/C16H20N2O2S/c1-10-7-5-6-8-12(10)11(2)17-15-18-13(9-21-15)16(3,4)14(19)20/h5-9,11H,1-4H3,(H,17,18)(H,19,20). The zero-order valence-corrected chi connectivity index (χ0v) is 13.5. The van der Waals surface area contributed by atoms with Gasteiger partial charge in [-0.1, -0.05) is 24.3 Å². The lowest BCUT2D eigenvalue weighted by atomic mass is 9.90.